The second-order valence-corrected chi connectivity index (χ2v) is 16.0. The van der Waals surface area contributed by atoms with Crippen molar-refractivity contribution in [1.29, 1.82) is 0 Å². The predicted octanol–water partition coefficient (Wildman–Crippen LogP) is 10.6. The lowest BCUT2D eigenvalue weighted by Crippen LogP contribution is -2.45. The lowest BCUT2D eigenvalue weighted by molar-refractivity contribution is -0.870. The van der Waals surface area contributed by atoms with E-state index in [0.29, 0.717) is 17.4 Å². The van der Waals surface area contributed by atoms with Crippen LogP contribution in [0.5, 0.6) is 0 Å². The number of phosphoric ester groups is 1. The number of nitrogens with zero attached hydrogens (tertiary/aromatic N) is 1. The van der Waals surface area contributed by atoms with Gasteiger partial charge in [0.2, 0.25) is 5.91 Å². The van der Waals surface area contributed by atoms with Crippen molar-refractivity contribution in [2.75, 3.05) is 40.9 Å². The Morgan fingerprint density at radius 1 is 0.667 bits per heavy atom. The highest BCUT2D eigenvalue weighted by molar-refractivity contribution is 7.45. The molecule has 0 saturated heterocycles. The molecule has 0 aliphatic carbocycles. The van der Waals surface area contributed by atoms with Crippen LogP contribution in [0.15, 0.2) is 97.2 Å². The molecule has 1 amide bonds. The first-order valence-electron chi connectivity index (χ1n) is 20.6. The summed E-state index contributed by atoms with van der Waals surface area (Å²) in [5.41, 5.74) is 0. The minimum absolute atomic E-state index is 0.0161. The molecule has 0 spiro atoms. The number of rotatable bonds is 35. The van der Waals surface area contributed by atoms with E-state index in [4.69, 9.17) is 9.05 Å². The minimum Gasteiger partial charge on any atom is -0.756 e. The lowest BCUT2D eigenvalue weighted by atomic mass is 10.1. The van der Waals surface area contributed by atoms with Gasteiger partial charge in [-0.05, 0) is 77.0 Å². The van der Waals surface area contributed by atoms with Crippen LogP contribution in [0, 0.1) is 0 Å². The molecule has 0 aromatic rings. The van der Waals surface area contributed by atoms with Crippen LogP contribution in [0.4, 0.5) is 0 Å². The number of carbonyl (C=O) groups is 1. The molecule has 0 rings (SSSR count). The summed E-state index contributed by atoms with van der Waals surface area (Å²) in [6, 6.07) is -0.914. The summed E-state index contributed by atoms with van der Waals surface area (Å²) in [6.07, 6.45) is 50.6. The Balaban J connectivity index is 4.29. The third kappa shape index (κ3) is 37.7. The zero-order valence-electron chi connectivity index (χ0n) is 34.6. The lowest BCUT2D eigenvalue weighted by Gasteiger charge is -2.29. The highest BCUT2D eigenvalue weighted by Gasteiger charge is 2.23. The first-order chi connectivity index (χ1) is 26.0. The summed E-state index contributed by atoms with van der Waals surface area (Å²) in [4.78, 5) is 25.1. The van der Waals surface area contributed by atoms with Gasteiger partial charge in [-0.1, -0.05) is 143 Å². The molecule has 0 aliphatic heterocycles. The van der Waals surface area contributed by atoms with Gasteiger partial charge in [-0.25, -0.2) is 0 Å². The normalized spacial score (nSPS) is 15.5. The number of carbonyl (C=O) groups excluding carboxylic acids is 1. The molecule has 2 N–H and O–H groups in total. The summed E-state index contributed by atoms with van der Waals surface area (Å²) >= 11 is 0. The van der Waals surface area contributed by atoms with E-state index in [-0.39, 0.29) is 12.5 Å². The number of likely N-dealkylation sites (N-methyl/N-ethyl adjacent to an activating group) is 1. The Kier molecular flexibility index (Phi) is 34.4. The maximum Gasteiger partial charge on any atom is 0.268 e. The van der Waals surface area contributed by atoms with Crippen molar-refractivity contribution in [1.82, 2.24) is 5.32 Å². The molecule has 308 valence electrons. The Morgan fingerprint density at radius 3 is 1.70 bits per heavy atom. The quantitative estimate of drug-likeness (QED) is 0.0287. The number of hydrogen-bond donors (Lipinski definition) is 2. The molecule has 0 heterocycles. The number of quaternary nitrogens is 1. The number of nitrogens with one attached hydrogen (secondary N) is 1. The number of aliphatic hydroxyl groups excluding tert-OH is 1. The maximum atomic E-state index is 12.8. The summed E-state index contributed by atoms with van der Waals surface area (Å²) in [5.74, 6) is -0.233. The van der Waals surface area contributed by atoms with Crippen molar-refractivity contribution in [2.45, 2.75) is 142 Å². The number of unbranched alkanes of at least 4 members (excludes halogenated alkanes) is 8. The molecular formula is C45H77N2O6P. The zero-order chi connectivity index (χ0) is 40.0. The molecule has 0 aliphatic rings. The third-order valence-corrected chi connectivity index (χ3v) is 9.22. The van der Waals surface area contributed by atoms with Crippen molar-refractivity contribution in [3.63, 3.8) is 0 Å². The van der Waals surface area contributed by atoms with Crippen molar-refractivity contribution >= 4 is 13.7 Å². The monoisotopic (exact) mass is 773 g/mol. The number of amides is 1. The van der Waals surface area contributed by atoms with Crippen molar-refractivity contribution in [3.05, 3.63) is 97.2 Å². The summed E-state index contributed by atoms with van der Waals surface area (Å²) in [5, 5.41) is 13.6. The Morgan fingerprint density at radius 2 is 1.15 bits per heavy atom. The molecule has 3 atom stereocenters. The van der Waals surface area contributed by atoms with E-state index in [1.807, 2.05) is 27.2 Å². The number of hydrogen-bond acceptors (Lipinski definition) is 6. The Bertz CT molecular complexity index is 1190. The highest BCUT2D eigenvalue weighted by Crippen LogP contribution is 2.38. The van der Waals surface area contributed by atoms with Crippen molar-refractivity contribution in [3.8, 4) is 0 Å². The maximum absolute atomic E-state index is 12.8. The topological polar surface area (TPSA) is 108 Å². The second-order valence-electron chi connectivity index (χ2n) is 14.6. The largest absolute Gasteiger partial charge is 0.756 e. The van der Waals surface area contributed by atoms with E-state index in [9.17, 15) is 19.4 Å². The number of phosphoric acid groups is 1. The van der Waals surface area contributed by atoms with E-state index in [0.717, 1.165) is 109 Å². The molecule has 0 bridgehead atoms. The molecule has 3 unspecified atom stereocenters. The van der Waals surface area contributed by atoms with Crippen LogP contribution in [0.1, 0.15) is 129 Å². The fraction of sp³-hybridized carbons (Fsp3) is 0.622. The van der Waals surface area contributed by atoms with Gasteiger partial charge in [-0.15, -0.1) is 0 Å². The fourth-order valence-corrected chi connectivity index (χ4v) is 5.72. The van der Waals surface area contributed by atoms with Crippen molar-refractivity contribution in [2.24, 2.45) is 0 Å². The Hall–Kier alpha value is -2.58. The smallest absolute Gasteiger partial charge is 0.268 e. The van der Waals surface area contributed by atoms with Gasteiger partial charge in [0.15, 0.2) is 0 Å². The first kappa shape index (κ1) is 51.4. The molecule has 0 radical (unpaired) electrons. The summed E-state index contributed by atoms with van der Waals surface area (Å²) in [6.45, 7) is 4.34. The van der Waals surface area contributed by atoms with Crippen LogP contribution in [0.2, 0.25) is 0 Å². The number of allylic oxidation sites excluding steroid dienone is 15. The van der Waals surface area contributed by atoms with Gasteiger partial charge in [0.25, 0.3) is 7.82 Å². The molecule has 9 heteroatoms. The first-order valence-corrected chi connectivity index (χ1v) is 22.1. The van der Waals surface area contributed by atoms with E-state index in [2.05, 4.69) is 104 Å². The molecule has 8 nitrogen and oxygen atoms in total. The molecule has 0 aromatic carbocycles. The van der Waals surface area contributed by atoms with Gasteiger partial charge >= 0.3 is 0 Å². The van der Waals surface area contributed by atoms with Gasteiger partial charge in [0.05, 0.1) is 39.9 Å². The minimum atomic E-state index is -4.59. The van der Waals surface area contributed by atoms with Gasteiger partial charge in [-0.3, -0.25) is 9.36 Å². The molecule has 0 fully saturated rings. The molecule has 54 heavy (non-hydrogen) atoms. The van der Waals surface area contributed by atoms with Gasteiger partial charge in [-0.2, -0.15) is 0 Å². The van der Waals surface area contributed by atoms with Crippen LogP contribution >= 0.6 is 7.82 Å². The van der Waals surface area contributed by atoms with E-state index in [1.165, 1.54) is 0 Å². The molecular weight excluding hydrogens is 695 g/mol. The van der Waals surface area contributed by atoms with Crippen LogP contribution in [0.3, 0.4) is 0 Å². The van der Waals surface area contributed by atoms with E-state index in [1.54, 1.807) is 6.08 Å². The van der Waals surface area contributed by atoms with E-state index < -0.39 is 26.6 Å². The van der Waals surface area contributed by atoms with Gasteiger partial charge < -0.3 is 28.8 Å². The van der Waals surface area contributed by atoms with E-state index >= 15 is 0 Å². The zero-order valence-corrected chi connectivity index (χ0v) is 35.5. The SMILES string of the molecule is CC/C=C\C/C=C\C/C=C\C/C=C\C/C=C\C/C=C\CCCCCCCCC(=O)NC(COP(=O)([O-])OCC[N+](C)(C)C)C(O)/C=C/CC/C=C/CCC. The average Bonchev–Trinajstić information content (AvgIpc) is 3.12. The standard InChI is InChI=1S/C45H77N2O6P/c1-6-8-10-12-14-15-16-17-18-19-20-21-22-23-24-25-26-27-28-29-30-31-33-35-37-39-45(49)46-43(44(48)38-36-34-32-13-11-9-7-2)42-53-54(50,51)52-41-40-47(3,4)5/h8,10-11,13-15,17-18,20-21,23-24,26-27,36,38,43-44,48H,6-7,9,12,16,19,22,25,28-35,37,39-42H2,1-5H3,(H-,46,49,50,51)/b10-8-,13-11+,15-14-,18-17-,21-20-,24-23-,27-26-,38-36+. The number of aliphatic hydroxyl groups is 1. The van der Waals surface area contributed by atoms with Crippen LogP contribution in [-0.4, -0.2) is 68.5 Å². The van der Waals surface area contributed by atoms with Gasteiger partial charge in [0, 0.05) is 6.42 Å². The molecule has 0 saturated carbocycles. The van der Waals surface area contributed by atoms with Gasteiger partial charge in [0.1, 0.15) is 13.2 Å². The second kappa shape index (κ2) is 36.1. The highest BCUT2D eigenvalue weighted by atomic mass is 31.2. The van der Waals surface area contributed by atoms with Crippen LogP contribution < -0.4 is 10.2 Å². The predicted molar refractivity (Wildman–Crippen MR) is 228 cm³/mol. The summed E-state index contributed by atoms with van der Waals surface area (Å²) in [7, 11) is 1.21. The summed E-state index contributed by atoms with van der Waals surface area (Å²) < 4.78 is 23.0. The molecule has 0 aromatic heterocycles. The average molecular weight is 773 g/mol. The third-order valence-electron chi connectivity index (χ3n) is 8.26. The van der Waals surface area contributed by atoms with Crippen LogP contribution in [0.25, 0.3) is 0 Å². The van der Waals surface area contributed by atoms with Crippen molar-refractivity contribution < 1.29 is 32.9 Å². The Labute approximate surface area is 330 Å². The fourth-order valence-electron chi connectivity index (χ4n) is 5.00. The van der Waals surface area contributed by atoms with Crippen LogP contribution in [-0.2, 0) is 18.4 Å².